The lowest BCUT2D eigenvalue weighted by Gasteiger charge is -2.07. The molecule has 3 heterocycles. The van der Waals surface area contributed by atoms with Crippen LogP contribution < -0.4 is 4.72 Å². The smallest absolute Gasteiger partial charge is 0.274 e. The molecule has 0 bridgehead atoms. The maximum atomic E-state index is 13.1. The van der Waals surface area contributed by atoms with Gasteiger partial charge in [-0.3, -0.25) is 9.82 Å². The van der Waals surface area contributed by atoms with E-state index >= 15 is 0 Å². The SMILES string of the molecule is N#Cc1cccc2[nH]nc(NS(=O)(=O)c3sc(Cl)cc3S(=O)(=O)c3ccc(Cl)s3)c12. The van der Waals surface area contributed by atoms with Crippen LogP contribution in [0.2, 0.25) is 8.67 Å². The molecule has 14 heteroatoms. The van der Waals surface area contributed by atoms with Crippen molar-refractivity contribution in [1.82, 2.24) is 10.2 Å². The normalized spacial score (nSPS) is 12.2. The van der Waals surface area contributed by atoms with Crippen LogP contribution in [-0.4, -0.2) is 27.0 Å². The molecular weight excluding hydrogens is 511 g/mol. The molecule has 3 aromatic heterocycles. The zero-order valence-corrected chi connectivity index (χ0v) is 19.2. The van der Waals surface area contributed by atoms with E-state index in [1.807, 2.05) is 6.07 Å². The number of hydrogen-bond acceptors (Lipinski definition) is 8. The monoisotopic (exact) mass is 518 g/mol. The lowest BCUT2D eigenvalue weighted by atomic mass is 10.1. The minimum Gasteiger partial charge on any atom is -0.276 e. The summed E-state index contributed by atoms with van der Waals surface area (Å²) in [5.41, 5.74) is 0.640. The summed E-state index contributed by atoms with van der Waals surface area (Å²) >= 11 is 13.2. The highest BCUT2D eigenvalue weighted by molar-refractivity contribution is 7.97. The number of sulfonamides is 1. The first kappa shape index (κ1) is 21.1. The zero-order valence-electron chi connectivity index (χ0n) is 14.4. The van der Waals surface area contributed by atoms with Gasteiger partial charge in [-0.15, -0.1) is 22.7 Å². The summed E-state index contributed by atoms with van der Waals surface area (Å²) in [6.45, 7) is 0. The lowest BCUT2D eigenvalue weighted by molar-refractivity contribution is 0.589. The second kappa shape index (κ2) is 7.52. The van der Waals surface area contributed by atoms with Gasteiger partial charge in [-0.2, -0.15) is 10.4 Å². The molecule has 0 aliphatic heterocycles. The number of fused-ring (bicyclic) bond motifs is 1. The van der Waals surface area contributed by atoms with E-state index in [0.717, 1.165) is 17.4 Å². The summed E-state index contributed by atoms with van der Waals surface area (Å²) in [6.07, 6.45) is 0. The molecule has 8 nitrogen and oxygen atoms in total. The second-order valence-electron chi connectivity index (χ2n) is 5.78. The molecule has 4 aromatic rings. The van der Waals surface area contributed by atoms with Crippen LogP contribution in [0.4, 0.5) is 5.82 Å². The molecule has 154 valence electrons. The van der Waals surface area contributed by atoms with E-state index in [4.69, 9.17) is 23.2 Å². The molecular formula is C16H8Cl2N4O4S4. The Morgan fingerprint density at radius 3 is 2.50 bits per heavy atom. The molecule has 0 fully saturated rings. The molecule has 0 aliphatic rings. The van der Waals surface area contributed by atoms with Crippen molar-refractivity contribution < 1.29 is 16.8 Å². The maximum Gasteiger partial charge on any atom is 0.274 e. The summed E-state index contributed by atoms with van der Waals surface area (Å²) < 4.78 is 54.0. The van der Waals surface area contributed by atoms with E-state index in [-0.39, 0.29) is 29.6 Å². The number of nitriles is 1. The molecule has 0 spiro atoms. The second-order valence-corrected chi connectivity index (χ2v) is 13.2. The number of halogens is 2. The molecule has 0 saturated heterocycles. The molecule has 0 radical (unpaired) electrons. The Labute approximate surface area is 188 Å². The molecule has 0 atom stereocenters. The quantitative estimate of drug-likeness (QED) is 0.399. The number of hydrogen-bond donors (Lipinski definition) is 2. The van der Waals surface area contributed by atoms with Crippen molar-refractivity contribution in [3.63, 3.8) is 0 Å². The van der Waals surface area contributed by atoms with E-state index in [0.29, 0.717) is 16.9 Å². The van der Waals surface area contributed by atoms with Gasteiger partial charge in [0.25, 0.3) is 10.0 Å². The molecule has 0 saturated carbocycles. The van der Waals surface area contributed by atoms with Gasteiger partial charge in [0, 0.05) is 0 Å². The fourth-order valence-corrected chi connectivity index (χ4v) is 9.41. The van der Waals surface area contributed by atoms with E-state index in [1.165, 1.54) is 18.2 Å². The van der Waals surface area contributed by atoms with Crippen molar-refractivity contribution in [2.45, 2.75) is 13.3 Å². The van der Waals surface area contributed by atoms with Crippen LogP contribution in [0.25, 0.3) is 10.9 Å². The van der Waals surface area contributed by atoms with Crippen LogP contribution >= 0.6 is 45.9 Å². The zero-order chi connectivity index (χ0) is 21.7. The third kappa shape index (κ3) is 3.58. The Balaban J connectivity index is 1.84. The highest BCUT2D eigenvalue weighted by Crippen LogP contribution is 2.40. The number of benzene rings is 1. The summed E-state index contributed by atoms with van der Waals surface area (Å²) in [6, 6.07) is 10.5. The van der Waals surface area contributed by atoms with Gasteiger partial charge in [0.15, 0.2) is 10.0 Å². The molecule has 0 unspecified atom stereocenters. The topological polar surface area (TPSA) is 133 Å². The Bertz CT molecular complexity index is 1550. The predicted octanol–water partition coefficient (Wildman–Crippen LogP) is 4.50. The van der Waals surface area contributed by atoms with Crippen LogP contribution in [0.15, 0.2) is 49.7 Å². The number of anilines is 1. The minimum absolute atomic E-state index is 0.0267. The van der Waals surface area contributed by atoms with Crippen LogP contribution in [0.1, 0.15) is 5.56 Å². The number of thiophene rings is 2. The summed E-state index contributed by atoms with van der Waals surface area (Å²) in [5.74, 6) is -0.130. The van der Waals surface area contributed by atoms with Crippen molar-refractivity contribution in [2.75, 3.05) is 4.72 Å². The van der Waals surface area contributed by atoms with Gasteiger partial charge in [-0.05, 0) is 30.3 Å². The average Bonchev–Trinajstić information content (AvgIpc) is 3.40. The van der Waals surface area contributed by atoms with Crippen molar-refractivity contribution in [3.05, 3.63) is 50.6 Å². The van der Waals surface area contributed by atoms with Crippen molar-refractivity contribution in [2.24, 2.45) is 0 Å². The van der Waals surface area contributed by atoms with Gasteiger partial charge >= 0.3 is 0 Å². The molecule has 4 rings (SSSR count). The van der Waals surface area contributed by atoms with Gasteiger partial charge in [-0.1, -0.05) is 29.3 Å². The largest absolute Gasteiger partial charge is 0.276 e. The standard InChI is InChI=1S/C16H8Cl2N4O4S4/c17-11-4-5-13(27-11)29(23,24)10-6-12(18)28-16(10)30(25,26)22-15-14-8(7-19)2-1-3-9(14)20-21-15/h1-6H,(H2,20,21,22). The fourth-order valence-electron chi connectivity index (χ4n) is 2.67. The average molecular weight is 519 g/mol. The van der Waals surface area contributed by atoms with E-state index in [1.54, 1.807) is 12.1 Å². The van der Waals surface area contributed by atoms with Gasteiger partial charge < -0.3 is 0 Å². The number of aromatic nitrogens is 2. The van der Waals surface area contributed by atoms with E-state index < -0.39 is 29.0 Å². The highest BCUT2D eigenvalue weighted by atomic mass is 35.5. The number of nitrogens with zero attached hydrogens (tertiary/aromatic N) is 2. The summed E-state index contributed by atoms with van der Waals surface area (Å²) in [5, 5.41) is 16.1. The fraction of sp³-hybridized carbons (Fsp3) is 0. The molecule has 1 aromatic carbocycles. The Kier molecular flexibility index (Phi) is 5.29. The van der Waals surface area contributed by atoms with Crippen LogP contribution in [-0.2, 0) is 19.9 Å². The van der Waals surface area contributed by atoms with Crippen LogP contribution in [0.3, 0.4) is 0 Å². The Morgan fingerprint density at radius 2 is 1.83 bits per heavy atom. The number of rotatable bonds is 5. The number of H-pyrrole nitrogens is 1. The van der Waals surface area contributed by atoms with Crippen LogP contribution in [0, 0.1) is 11.3 Å². The lowest BCUT2D eigenvalue weighted by Crippen LogP contribution is -2.15. The predicted molar refractivity (Wildman–Crippen MR) is 116 cm³/mol. The van der Waals surface area contributed by atoms with Gasteiger partial charge in [0.1, 0.15) is 9.10 Å². The first-order valence-corrected chi connectivity index (χ1v) is 13.2. The Hall–Kier alpha value is -2.14. The third-order valence-corrected chi connectivity index (χ3v) is 10.8. The maximum absolute atomic E-state index is 13.1. The number of aromatic amines is 1. The van der Waals surface area contributed by atoms with Crippen LogP contribution in [0.5, 0.6) is 0 Å². The molecule has 0 aliphatic carbocycles. The number of sulfone groups is 1. The van der Waals surface area contributed by atoms with Gasteiger partial charge in [0.05, 0.1) is 31.2 Å². The molecule has 30 heavy (non-hydrogen) atoms. The minimum atomic E-state index is -4.41. The van der Waals surface area contributed by atoms with Gasteiger partial charge in [-0.25, -0.2) is 16.8 Å². The third-order valence-electron chi connectivity index (χ3n) is 3.92. The first-order valence-electron chi connectivity index (χ1n) is 7.83. The summed E-state index contributed by atoms with van der Waals surface area (Å²) in [4.78, 5) is -0.469. The Morgan fingerprint density at radius 1 is 1.07 bits per heavy atom. The molecule has 2 N–H and O–H groups in total. The summed E-state index contributed by atoms with van der Waals surface area (Å²) in [7, 11) is -8.59. The first-order chi connectivity index (χ1) is 14.1. The van der Waals surface area contributed by atoms with E-state index in [9.17, 15) is 22.1 Å². The highest BCUT2D eigenvalue weighted by Gasteiger charge is 2.33. The van der Waals surface area contributed by atoms with Gasteiger partial charge in [0.2, 0.25) is 9.84 Å². The number of nitrogens with one attached hydrogen (secondary N) is 2. The van der Waals surface area contributed by atoms with E-state index in [2.05, 4.69) is 14.9 Å². The van der Waals surface area contributed by atoms with Crippen molar-refractivity contribution >= 4 is 82.5 Å². The van der Waals surface area contributed by atoms with Crippen molar-refractivity contribution in [3.8, 4) is 6.07 Å². The molecule has 0 amide bonds. The van der Waals surface area contributed by atoms with Crippen molar-refractivity contribution in [1.29, 1.82) is 5.26 Å².